The van der Waals surface area contributed by atoms with Gasteiger partial charge in [-0.15, -0.1) is 0 Å². The maximum atomic E-state index is 14.1. The molecule has 0 saturated carbocycles. The van der Waals surface area contributed by atoms with Crippen LogP contribution in [0.4, 0.5) is 5.69 Å². The Bertz CT molecular complexity index is 1460. The van der Waals surface area contributed by atoms with Crippen LogP contribution in [0.15, 0.2) is 54.6 Å². The molecule has 3 unspecified atom stereocenters. The Morgan fingerprint density at radius 2 is 1.49 bits per heavy atom. The Morgan fingerprint density at radius 1 is 0.838 bits per heavy atom. The van der Waals surface area contributed by atoms with Gasteiger partial charge in [0.15, 0.2) is 0 Å². The Kier molecular flexibility index (Phi) is 6.75. The number of aliphatic carboxylic acids is 1. The summed E-state index contributed by atoms with van der Waals surface area (Å²) in [5.74, 6) is -3.75. The summed E-state index contributed by atoms with van der Waals surface area (Å²) in [4.78, 5) is 40.0. The number of likely N-dealkylation sites (tertiary alicyclic amines) is 1. The van der Waals surface area contributed by atoms with E-state index in [0.717, 1.165) is 23.4 Å². The number of rotatable bonds is 4. The van der Waals surface area contributed by atoms with Crippen LogP contribution >= 0.6 is 46.4 Å². The lowest BCUT2D eigenvalue weighted by Crippen LogP contribution is -2.57. The van der Waals surface area contributed by atoms with Crippen molar-refractivity contribution in [3.8, 4) is 0 Å². The number of anilines is 1. The summed E-state index contributed by atoms with van der Waals surface area (Å²) >= 11 is 25.1. The first kappa shape index (κ1) is 25.7. The van der Waals surface area contributed by atoms with Crippen LogP contribution in [0, 0.1) is 0 Å². The molecule has 1 fully saturated rings. The zero-order valence-corrected chi connectivity index (χ0v) is 21.8. The van der Waals surface area contributed by atoms with Gasteiger partial charge >= 0.3 is 11.9 Å². The maximum absolute atomic E-state index is 14.1. The van der Waals surface area contributed by atoms with Gasteiger partial charge in [0.1, 0.15) is 6.04 Å². The molecule has 0 radical (unpaired) electrons. The van der Waals surface area contributed by atoms with Crippen LogP contribution in [0.5, 0.6) is 0 Å². The van der Waals surface area contributed by atoms with Gasteiger partial charge in [-0.3, -0.25) is 4.79 Å². The summed E-state index contributed by atoms with van der Waals surface area (Å²) in [5, 5.41) is 23.8. The fraction of sp³-hybridized carbons (Fsp3) is 0.192. The summed E-state index contributed by atoms with van der Waals surface area (Å²) in [6.45, 7) is 0. The lowest BCUT2D eigenvalue weighted by molar-refractivity contribution is -0.145. The number of carbonyl (C=O) groups excluding carboxylic acids is 1. The van der Waals surface area contributed by atoms with Gasteiger partial charge in [-0.05, 0) is 41.8 Å². The molecule has 1 saturated heterocycles. The van der Waals surface area contributed by atoms with E-state index in [9.17, 15) is 24.6 Å². The van der Waals surface area contributed by atoms with E-state index >= 15 is 0 Å². The molecular weight excluding hydrogens is 562 g/mol. The molecule has 2 aliphatic heterocycles. The van der Waals surface area contributed by atoms with Crippen LogP contribution in [0.2, 0.25) is 20.1 Å². The maximum Gasteiger partial charge on any atom is 0.336 e. The average molecular weight is 580 g/mol. The Balaban J connectivity index is 1.74. The SMILES string of the molecule is O=C(O)c1cc(Cl)c(Cl)cc1C(=O)N1C(c2cccc(Cl)c2Cl)C2Nc3ccccc3C2C[C@H]1C(=O)O. The first-order valence-corrected chi connectivity index (χ1v) is 12.7. The van der Waals surface area contributed by atoms with Crippen molar-refractivity contribution in [1.29, 1.82) is 0 Å². The predicted octanol–water partition coefficient (Wildman–Crippen LogP) is 6.62. The van der Waals surface area contributed by atoms with Gasteiger partial charge in [-0.2, -0.15) is 0 Å². The van der Waals surface area contributed by atoms with E-state index in [1.54, 1.807) is 18.2 Å². The van der Waals surface area contributed by atoms with Gasteiger partial charge in [-0.25, -0.2) is 9.59 Å². The van der Waals surface area contributed by atoms with E-state index in [0.29, 0.717) is 5.56 Å². The molecule has 2 heterocycles. The highest BCUT2D eigenvalue weighted by Crippen LogP contribution is 2.52. The minimum atomic E-state index is -1.41. The average Bonchev–Trinajstić information content (AvgIpc) is 3.24. The monoisotopic (exact) mass is 578 g/mol. The number of nitrogens with one attached hydrogen (secondary N) is 1. The zero-order chi connectivity index (χ0) is 26.6. The lowest BCUT2D eigenvalue weighted by atomic mass is 9.77. The first-order chi connectivity index (χ1) is 17.6. The number of benzene rings is 3. The van der Waals surface area contributed by atoms with Gasteiger partial charge in [-0.1, -0.05) is 76.7 Å². The van der Waals surface area contributed by atoms with E-state index in [-0.39, 0.29) is 38.0 Å². The number of hydrogen-bond donors (Lipinski definition) is 3. The number of carboxylic acids is 2. The summed E-state index contributed by atoms with van der Waals surface area (Å²) in [7, 11) is 0. The molecule has 3 N–H and O–H groups in total. The highest BCUT2D eigenvalue weighted by molar-refractivity contribution is 6.43. The van der Waals surface area contributed by atoms with Gasteiger partial charge in [0.25, 0.3) is 5.91 Å². The van der Waals surface area contributed by atoms with E-state index < -0.39 is 41.5 Å². The quantitative estimate of drug-likeness (QED) is 0.321. The largest absolute Gasteiger partial charge is 0.480 e. The molecule has 11 heteroatoms. The second-order valence-corrected chi connectivity index (χ2v) is 10.5. The van der Waals surface area contributed by atoms with Crippen molar-refractivity contribution in [3.63, 3.8) is 0 Å². The molecule has 5 rings (SSSR count). The molecule has 2 aliphatic rings. The molecule has 0 aromatic heterocycles. The first-order valence-electron chi connectivity index (χ1n) is 11.2. The van der Waals surface area contributed by atoms with Crippen LogP contribution in [0.3, 0.4) is 0 Å². The number of halogens is 4. The van der Waals surface area contributed by atoms with Crippen molar-refractivity contribution in [2.45, 2.75) is 30.5 Å². The smallest absolute Gasteiger partial charge is 0.336 e. The third kappa shape index (κ3) is 4.30. The second-order valence-electron chi connectivity index (χ2n) is 8.87. The lowest BCUT2D eigenvalue weighted by Gasteiger charge is -2.47. The molecule has 0 spiro atoms. The number of nitrogens with zero attached hydrogens (tertiary/aromatic N) is 1. The standard InChI is InChI=1S/C26H18Cl4N2O5/c27-16-6-3-5-12(21(16)30)23-22-13(11-4-1-2-7-19(11)31-22)10-20(26(36)37)32(23)24(33)14-8-17(28)18(29)9-15(14)25(34)35/h1-9,13,20,22-23,31H,10H2,(H,34,35)(H,36,37)/t13?,20-,22?,23?/m0/s1. The van der Waals surface area contributed by atoms with E-state index in [4.69, 9.17) is 46.4 Å². The van der Waals surface area contributed by atoms with Crippen LogP contribution in [0.1, 0.15) is 50.2 Å². The fourth-order valence-corrected chi connectivity index (χ4v) is 6.09. The summed E-state index contributed by atoms with van der Waals surface area (Å²) in [6, 6.07) is 12.0. The molecule has 37 heavy (non-hydrogen) atoms. The third-order valence-electron chi connectivity index (χ3n) is 6.91. The van der Waals surface area contributed by atoms with Crippen molar-refractivity contribution >= 4 is 69.9 Å². The Hall–Kier alpha value is -2.97. The topological polar surface area (TPSA) is 107 Å². The van der Waals surface area contributed by atoms with Crippen LogP contribution in [0.25, 0.3) is 0 Å². The molecule has 1 amide bonds. The highest BCUT2D eigenvalue weighted by Gasteiger charge is 2.52. The highest BCUT2D eigenvalue weighted by atomic mass is 35.5. The summed E-state index contributed by atoms with van der Waals surface area (Å²) < 4.78 is 0. The van der Waals surface area contributed by atoms with Crippen LogP contribution in [-0.2, 0) is 4.79 Å². The van der Waals surface area contributed by atoms with Crippen molar-refractivity contribution in [2.75, 3.05) is 5.32 Å². The molecule has 3 aromatic carbocycles. The van der Waals surface area contributed by atoms with Gasteiger partial charge < -0.3 is 20.4 Å². The van der Waals surface area contributed by atoms with E-state index in [2.05, 4.69) is 5.32 Å². The minimum Gasteiger partial charge on any atom is -0.480 e. The van der Waals surface area contributed by atoms with E-state index in [1.807, 2.05) is 24.3 Å². The Morgan fingerprint density at radius 3 is 2.16 bits per heavy atom. The predicted molar refractivity (Wildman–Crippen MR) is 141 cm³/mol. The summed E-state index contributed by atoms with van der Waals surface area (Å²) in [6.07, 6.45) is 0.0914. The molecule has 0 bridgehead atoms. The van der Waals surface area contributed by atoms with Gasteiger partial charge in [0, 0.05) is 11.6 Å². The van der Waals surface area contributed by atoms with Crippen molar-refractivity contribution in [2.24, 2.45) is 0 Å². The van der Waals surface area contributed by atoms with Crippen molar-refractivity contribution in [3.05, 3.63) is 96.9 Å². The molecule has 0 aliphatic carbocycles. The van der Waals surface area contributed by atoms with Crippen LogP contribution < -0.4 is 5.32 Å². The summed E-state index contributed by atoms with van der Waals surface area (Å²) in [5.41, 5.74) is 1.49. The fourth-order valence-electron chi connectivity index (χ4n) is 5.34. The number of para-hydroxylation sites is 1. The zero-order valence-electron chi connectivity index (χ0n) is 18.8. The van der Waals surface area contributed by atoms with Gasteiger partial charge in [0.2, 0.25) is 0 Å². The molecule has 3 aromatic rings. The number of aromatic carboxylic acids is 1. The van der Waals surface area contributed by atoms with Crippen LogP contribution in [-0.4, -0.2) is 45.0 Å². The number of piperidine rings is 1. The van der Waals surface area contributed by atoms with Crippen molar-refractivity contribution in [1.82, 2.24) is 4.90 Å². The second kappa shape index (κ2) is 9.72. The third-order valence-corrected chi connectivity index (χ3v) is 8.47. The number of carbonyl (C=O) groups is 3. The van der Waals surface area contributed by atoms with E-state index in [1.165, 1.54) is 4.90 Å². The van der Waals surface area contributed by atoms with Gasteiger partial charge in [0.05, 0.1) is 43.3 Å². The number of hydrogen-bond acceptors (Lipinski definition) is 4. The number of carboxylic acid groups (broad SMARTS) is 2. The molecule has 4 atom stereocenters. The number of amides is 1. The minimum absolute atomic E-state index is 0.0412. The normalized spacial score (nSPS) is 22.1. The Labute approximate surface area is 231 Å². The molecule has 190 valence electrons. The van der Waals surface area contributed by atoms with Crippen molar-refractivity contribution < 1.29 is 24.6 Å². The number of fused-ring (bicyclic) bond motifs is 3. The molecular formula is C26H18Cl4N2O5. The molecule has 7 nitrogen and oxygen atoms in total.